The summed E-state index contributed by atoms with van der Waals surface area (Å²) < 4.78 is 0. The molecule has 1 aromatic carbocycles. The van der Waals surface area contributed by atoms with Gasteiger partial charge in [0.2, 0.25) is 11.8 Å². The number of rotatable bonds is 3. The van der Waals surface area contributed by atoms with Crippen molar-refractivity contribution in [3.63, 3.8) is 0 Å². The third-order valence-corrected chi connectivity index (χ3v) is 6.87. The average Bonchev–Trinajstić information content (AvgIpc) is 2.93. The predicted molar refractivity (Wildman–Crippen MR) is 103 cm³/mol. The predicted octanol–water partition coefficient (Wildman–Crippen LogP) is 0.273. The summed E-state index contributed by atoms with van der Waals surface area (Å²) in [5.74, 6) is -1.81. The van der Waals surface area contributed by atoms with Gasteiger partial charge in [0.15, 0.2) is 0 Å². The van der Waals surface area contributed by atoms with Crippen molar-refractivity contribution in [1.29, 1.82) is 0 Å². The number of fused-ring (bicyclic) bond motifs is 1. The van der Waals surface area contributed by atoms with Gasteiger partial charge in [0.1, 0.15) is 6.04 Å². The fourth-order valence-corrected chi connectivity index (χ4v) is 4.98. The third kappa shape index (κ3) is 2.98. The van der Waals surface area contributed by atoms with E-state index in [0.717, 1.165) is 49.5 Å². The van der Waals surface area contributed by atoms with E-state index < -0.39 is 23.8 Å². The second kappa shape index (κ2) is 6.74. The lowest BCUT2D eigenvalue weighted by Crippen LogP contribution is -2.58. The monoisotopic (exact) mass is 396 g/mol. The summed E-state index contributed by atoms with van der Waals surface area (Å²) in [6.45, 7) is 4.76. The number of piperidine rings is 2. The van der Waals surface area contributed by atoms with Crippen molar-refractivity contribution in [3.8, 4) is 0 Å². The van der Waals surface area contributed by atoms with Crippen LogP contribution >= 0.6 is 0 Å². The van der Waals surface area contributed by atoms with Gasteiger partial charge in [-0.05, 0) is 49.4 Å². The summed E-state index contributed by atoms with van der Waals surface area (Å²) >= 11 is 0. The topological polar surface area (TPSA) is 98.8 Å². The summed E-state index contributed by atoms with van der Waals surface area (Å²) in [6.07, 6.45) is 2.59. The summed E-state index contributed by atoms with van der Waals surface area (Å²) in [6, 6.07) is 4.42. The van der Waals surface area contributed by atoms with Gasteiger partial charge in [-0.1, -0.05) is 12.1 Å². The van der Waals surface area contributed by atoms with E-state index >= 15 is 0 Å². The van der Waals surface area contributed by atoms with Crippen LogP contribution in [-0.2, 0) is 16.1 Å². The van der Waals surface area contributed by atoms with Gasteiger partial charge in [-0.2, -0.15) is 0 Å². The highest BCUT2D eigenvalue weighted by Gasteiger charge is 2.46. The molecule has 4 aliphatic rings. The van der Waals surface area contributed by atoms with Crippen molar-refractivity contribution in [2.75, 3.05) is 26.2 Å². The Morgan fingerprint density at radius 3 is 2.45 bits per heavy atom. The number of nitrogens with one attached hydrogen (secondary N) is 2. The SMILES string of the molecule is O=C1CCC(N2C(=O)c3cccc(CN4CCC5(CC4)CNC5)c3C2=O)C(=O)N1. The minimum Gasteiger partial charge on any atom is -0.316 e. The fraction of sp³-hybridized carbons (Fsp3) is 0.524. The molecule has 4 amide bonds. The standard InChI is InChI=1S/C21H24N4O4/c26-16-5-4-15(18(27)23-16)25-19(28)14-3-1-2-13(17(14)20(25)29)10-24-8-6-21(7-9-24)11-22-12-21/h1-3,15,22H,4-12H2,(H,23,26,27). The summed E-state index contributed by atoms with van der Waals surface area (Å²) in [4.78, 5) is 53.2. The van der Waals surface area contributed by atoms with Crippen LogP contribution in [0, 0.1) is 5.41 Å². The molecule has 8 nitrogen and oxygen atoms in total. The van der Waals surface area contributed by atoms with Gasteiger partial charge in [-0.3, -0.25) is 34.3 Å². The van der Waals surface area contributed by atoms with E-state index in [4.69, 9.17) is 0 Å². The van der Waals surface area contributed by atoms with Crippen LogP contribution in [0.5, 0.6) is 0 Å². The number of nitrogens with zero attached hydrogens (tertiary/aromatic N) is 2. The Morgan fingerprint density at radius 1 is 1.03 bits per heavy atom. The van der Waals surface area contributed by atoms with Crippen LogP contribution in [0.15, 0.2) is 18.2 Å². The molecule has 4 aliphatic heterocycles. The lowest BCUT2D eigenvalue weighted by Gasteiger charge is -2.48. The Balaban J connectivity index is 1.36. The number of hydrogen-bond donors (Lipinski definition) is 2. The maximum atomic E-state index is 13.2. The van der Waals surface area contributed by atoms with Gasteiger partial charge in [-0.15, -0.1) is 0 Å². The Labute approximate surface area is 168 Å². The van der Waals surface area contributed by atoms with E-state index in [1.807, 2.05) is 6.07 Å². The molecule has 29 heavy (non-hydrogen) atoms. The zero-order chi connectivity index (χ0) is 20.2. The molecular weight excluding hydrogens is 372 g/mol. The Kier molecular flexibility index (Phi) is 4.29. The molecule has 152 valence electrons. The average molecular weight is 396 g/mol. The molecule has 4 heterocycles. The van der Waals surface area contributed by atoms with Crippen molar-refractivity contribution in [3.05, 3.63) is 34.9 Å². The van der Waals surface area contributed by atoms with Crippen molar-refractivity contribution in [2.45, 2.75) is 38.3 Å². The highest BCUT2D eigenvalue weighted by atomic mass is 16.2. The molecule has 1 aromatic rings. The highest BCUT2D eigenvalue weighted by molar-refractivity contribution is 6.24. The summed E-state index contributed by atoms with van der Waals surface area (Å²) in [5.41, 5.74) is 2.05. The van der Waals surface area contributed by atoms with Crippen molar-refractivity contribution in [1.82, 2.24) is 20.4 Å². The Bertz CT molecular complexity index is 913. The highest BCUT2D eigenvalue weighted by Crippen LogP contribution is 2.36. The van der Waals surface area contributed by atoms with Gasteiger partial charge in [0.25, 0.3) is 11.8 Å². The maximum absolute atomic E-state index is 13.2. The lowest BCUT2D eigenvalue weighted by molar-refractivity contribution is -0.136. The molecule has 3 fully saturated rings. The number of likely N-dealkylation sites (tertiary alicyclic amines) is 1. The van der Waals surface area contributed by atoms with Gasteiger partial charge in [0, 0.05) is 26.1 Å². The number of amides is 4. The fourth-order valence-electron chi connectivity index (χ4n) is 4.98. The molecule has 3 saturated heterocycles. The normalized spacial score (nSPS) is 26.5. The third-order valence-electron chi connectivity index (χ3n) is 6.87. The van der Waals surface area contributed by atoms with E-state index in [2.05, 4.69) is 15.5 Å². The van der Waals surface area contributed by atoms with E-state index in [0.29, 0.717) is 23.1 Å². The summed E-state index contributed by atoms with van der Waals surface area (Å²) in [5, 5.41) is 5.60. The largest absolute Gasteiger partial charge is 0.316 e. The van der Waals surface area contributed by atoms with Gasteiger partial charge in [-0.25, -0.2) is 0 Å². The Morgan fingerprint density at radius 2 is 1.79 bits per heavy atom. The molecule has 1 unspecified atom stereocenters. The molecule has 0 bridgehead atoms. The quantitative estimate of drug-likeness (QED) is 0.712. The first-order chi connectivity index (χ1) is 14.0. The van der Waals surface area contributed by atoms with E-state index in [-0.39, 0.29) is 18.7 Å². The van der Waals surface area contributed by atoms with E-state index in [1.165, 1.54) is 0 Å². The molecule has 2 N–H and O–H groups in total. The van der Waals surface area contributed by atoms with Crippen LogP contribution in [0.4, 0.5) is 0 Å². The van der Waals surface area contributed by atoms with E-state index in [9.17, 15) is 19.2 Å². The van der Waals surface area contributed by atoms with Crippen LogP contribution in [0.3, 0.4) is 0 Å². The minimum absolute atomic E-state index is 0.126. The lowest BCUT2D eigenvalue weighted by atomic mass is 9.73. The van der Waals surface area contributed by atoms with Crippen molar-refractivity contribution >= 4 is 23.6 Å². The first kappa shape index (κ1) is 18.4. The van der Waals surface area contributed by atoms with Gasteiger partial charge in [0.05, 0.1) is 11.1 Å². The van der Waals surface area contributed by atoms with Crippen LogP contribution in [0.25, 0.3) is 0 Å². The first-order valence-corrected chi connectivity index (χ1v) is 10.2. The second-order valence-corrected chi connectivity index (χ2v) is 8.67. The molecule has 0 radical (unpaired) electrons. The number of carbonyl (C=O) groups is 4. The molecule has 0 saturated carbocycles. The zero-order valence-electron chi connectivity index (χ0n) is 16.2. The number of carbonyl (C=O) groups excluding carboxylic acids is 4. The van der Waals surface area contributed by atoms with Crippen LogP contribution in [0.2, 0.25) is 0 Å². The first-order valence-electron chi connectivity index (χ1n) is 10.2. The molecule has 5 rings (SSSR count). The van der Waals surface area contributed by atoms with Crippen LogP contribution in [-0.4, -0.2) is 65.6 Å². The molecular formula is C21H24N4O4. The van der Waals surface area contributed by atoms with Crippen LogP contribution < -0.4 is 10.6 Å². The van der Waals surface area contributed by atoms with Crippen LogP contribution in [0.1, 0.15) is 52.0 Å². The second-order valence-electron chi connectivity index (χ2n) is 8.67. The van der Waals surface area contributed by atoms with Crippen molar-refractivity contribution < 1.29 is 19.2 Å². The summed E-state index contributed by atoms with van der Waals surface area (Å²) in [7, 11) is 0. The maximum Gasteiger partial charge on any atom is 0.262 e. The Hall–Kier alpha value is -2.58. The van der Waals surface area contributed by atoms with E-state index in [1.54, 1.807) is 12.1 Å². The zero-order valence-corrected chi connectivity index (χ0v) is 16.2. The molecule has 1 spiro atoms. The van der Waals surface area contributed by atoms with Gasteiger partial charge < -0.3 is 5.32 Å². The molecule has 1 atom stereocenters. The number of imide groups is 2. The number of hydrogen-bond acceptors (Lipinski definition) is 6. The molecule has 8 heteroatoms. The smallest absolute Gasteiger partial charge is 0.262 e. The van der Waals surface area contributed by atoms with Gasteiger partial charge >= 0.3 is 0 Å². The molecule has 0 aromatic heterocycles. The number of benzene rings is 1. The minimum atomic E-state index is -0.922. The van der Waals surface area contributed by atoms with Crippen molar-refractivity contribution in [2.24, 2.45) is 5.41 Å². The molecule has 0 aliphatic carbocycles.